The third-order valence-corrected chi connectivity index (χ3v) is 4.80. The van der Waals surface area contributed by atoms with Crippen molar-refractivity contribution in [2.45, 2.75) is 64.0 Å². The Hall–Kier alpha value is -1.30. The maximum Gasteiger partial charge on any atom is 0.226 e. The van der Waals surface area contributed by atoms with E-state index in [0.29, 0.717) is 6.61 Å². The molecule has 4 N–H and O–H groups in total. The van der Waals surface area contributed by atoms with Crippen molar-refractivity contribution in [2.24, 2.45) is 22.7 Å². The molecule has 0 aromatic rings. The minimum absolute atomic E-state index is 0.00991. The van der Waals surface area contributed by atoms with Gasteiger partial charge in [-0.15, -0.1) is 0 Å². The molecule has 1 aliphatic heterocycles. The van der Waals surface area contributed by atoms with Crippen LogP contribution in [-0.4, -0.2) is 35.7 Å². The van der Waals surface area contributed by atoms with E-state index in [1.54, 1.807) is 0 Å². The van der Waals surface area contributed by atoms with Crippen LogP contribution in [0.5, 0.6) is 0 Å². The number of carbonyl (C=O) groups excluding carboxylic acids is 1. The number of nitrogens with two attached hydrogens (primary N) is 1. The van der Waals surface area contributed by atoms with Crippen LogP contribution >= 0.6 is 0 Å². The number of amidine groups is 1. The fourth-order valence-electron chi connectivity index (χ4n) is 3.57. The Kier molecular flexibility index (Phi) is 5.85. The number of hydrogen-bond donors (Lipinski definition) is 3. The third-order valence-electron chi connectivity index (χ3n) is 4.80. The Morgan fingerprint density at radius 3 is 2.71 bits per heavy atom. The first kappa shape index (κ1) is 16.1. The molecule has 0 bridgehead atoms. The van der Waals surface area contributed by atoms with Crippen molar-refractivity contribution in [3.63, 3.8) is 0 Å². The van der Waals surface area contributed by atoms with Crippen LogP contribution < -0.4 is 11.1 Å². The molecule has 2 aliphatic rings. The van der Waals surface area contributed by atoms with Gasteiger partial charge < -0.3 is 21.0 Å². The van der Waals surface area contributed by atoms with Gasteiger partial charge in [0.2, 0.25) is 5.91 Å². The first-order chi connectivity index (χ1) is 10.2. The molecule has 2 rings (SSSR count). The topological polar surface area (TPSA) is 96.9 Å². The molecule has 3 atom stereocenters. The fourth-order valence-corrected chi connectivity index (χ4v) is 3.57. The molecule has 2 fully saturated rings. The molecule has 6 nitrogen and oxygen atoms in total. The first-order valence-electron chi connectivity index (χ1n) is 8.06. The molecule has 0 aromatic heterocycles. The maximum atomic E-state index is 12.5. The maximum absolute atomic E-state index is 12.5. The zero-order valence-corrected chi connectivity index (χ0v) is 12.8. The van der Waals surface area contributed by atoms with Gasteiger partial charge in [-0.25, -0.2) is 0 Å². The molecule has 1 saturated heterocycles. The summed E-state index contributed by atoms with van der Waals surface area (Å²) in [6.45, 7) is 2.66. The van der Waals surface area contributed by atoms with Gasteiger partial charge in [0.15, 0.2) is 5.84 Å². The Morgan fingerprint density at radius 1 is 1.38 bits per heavy atom. The summed E-state index contributed by atoms with van der Waals surface area (Å²) in [7, 11) is 0. The monoisotopic (exact) mass is 297 g/mol. The van der Waals surface area contributed by atoms with Crippen molar-refractivity contribution in [3.05, 3.63) is 0 Å². The van der Waals surface area contributed by atoms with E-state index in [0.717, 1.165) is 38.5 Å². The van der Waals surface area contributed by atoms with E-state index in [2.05, 4.69) is 10.5 Å². The lowest BCUT2D eigenvalue weighted by atomic mass is 9.83. The molecule has 21 heavy (non-hydrogen) atoms. The first-order valence-corrected chi connectivity index (χ1v) is 8.06. The molecular weight excluding hydrogens is 270 g/mol. The molecular formula is C15H27N3O3. The molecule has 1 heterocycles. The van der Waals surface area contributed by atoms with Crippen LogP contribution in [0.15, 0.2) is 5.16 Å². The molecule has 1 saturated carbocycles. The second-order valence-corrected chi connectivity index (χ2v) is 6.12. The van der Waals surface area contributed by atoms with E-state index in [1.807, 2.05) is 6.92 Å². The lowest BCUT2D eigenvalue weighted by molar-refractivity contribution is -0.127. The number of nitrogens with zero attached hydrogens (tertiary/aromatic N) is 1. The van der Waals surface area contributed by atoms with E-state index in [-0.39, 0.29) is 35.7 Å². The van der Waals surface area contributed by atoms with Gasteiger partial charge in [-0.1, -0.05) is 31.3 Å². The van der Waals surface area contributed by atoms with Crippen LogP contribution in [-0.2, 0) is 9.53 Å². The molecule has 0 spiro atoms. The normalized spacial score (nSPS) is 29.3. The minimum atomic E-state index is -0.360. The average Bonchev–Trinajstić information content (AvgIpc) is 3.01. The largest absolute Gasteiger partial charge is 0.409 e. The highest BCUT2D eigenvalue weighted by Gasteiger charge is 2.36. The van der Waals surface area contributed by atoms with Crippen LogP contribution in [0.25, 0.3) is 0 Å². The van der Waals surface area contributed by atoms with Crippen LogP contribution in [0.3, 0.4) is 0 Å². The van der Waals surface area contributed by atoms with E-state index in [1.165, 1.54) is 6.42 Å². The molecule has 0 radical (unpaired) electrons. The summed E-state index contributed by atoms with van der Waals surface area (Å²) in [6, 6.07) is -0.360. The van der Waals surface area contributed by atoms with Crippen molar-refractivity contribution in [3.8, 4) is 0 Å². The van der Waals surface area contributed by atoms with Crippen molar-refractivity contribution in [1.82, 2.24) is 5.32 Å². The van der Waals surface area contributed by atoms with Crippen LogP contribution in [0.1, 0.15) is 51.9 Å². The van der Waals surface area contributed by atoms with Crippen molar-refractivity contribution in [1.29, 1.82) is 0 Å². The Bertz CT molecular complexity index is 380. The number of rotatable bonds is 5. The van der Waals surface area contributed by atoms with E-state index in [4.69, 9.17) is 15.7 Å². The van der Waals surface area contributed by atoms with Gasteiger partial charge in [0, 0.05) is 6.61 Å². The van der Waals surface area contributed by atoms with Crippen molar-refractivity contribution in [2.75, 3.05) is 6.61 Å². The zero-order chi connectivity index (χ0) is 15.2. The molecule has 1 amide bonds. The van der Waals surface area contributed by atoms with Gasteiger partial charge in [0.1, 0.15) is 0 Å². The number of ether oxygens (including phenoxy) is 1. The Labute approximate surface area is 126 Å². The highest BCUT2D eigenvalue weighted by Crippen LogP contribution is 2.28. The van der Waals surface area contributed by atoms with Gasteiger partial charge in [0.05, 0.1) is 18.1 Å². The molecule has 1 aliphatic carbocycles. The smallest absolute Gasteiger partial charge is 0.226 e. The second kappa shape index (κ2) is 7.64. The summed E-state index contributed by atoms with van der Waals surface area (Å²) in [4.78, 5) is 12.5. The number of nitrogens with one attached hydrogen (secondary N) is 1. The molecule has 6 heteroatoms. The summed E-state index contributed by atoms with van der Waals surface area (Å²) in [5, 5.41) is 15.1. The summed E-state index contributed by atoms with van der Waals surface area (Å²) < 4.78 is 5.58. The standard InChI is InChI=1S/C15H27N3O3/c1-2-12-11(8-9-21-12)15(19)17-13(14(16)18-20)10-6-4-3-5-7-10/h10-13,20H,2-9H2,1H3,(H2,16,18)(H,17,19). The highest BCUT2D eigenvalue weighted by molar-refractivity contribution is 5.91. The lowest BCUT2D eigenvalue weighted by Crippen LogP contribution is -2.52. The summed E-state index contributed by atoms with van der Waals surface area (Å²) in [5.41, 5.74) is 5.82. The fraction of sp³-hybridized carbons (Fsp3) is 0.867. The van der Waals surface area contributed by atoms with Crippen LogP contribution in [0.4, 0.5) is 0 Å². The number of carbonyl (C=O) groups is 1. The van der Waals surface area contributed by atoms with Crippen molar-refractivity contribution < 1.29 is 14.7 Å². The van der Waals surface area contributed by atoms with E-state index >= 15 is 0 Å². The predicted octanol–water partition coefficient (Wildman–Crippen LogP) is 1.61. The van der Waals surface area contributed by atoms with Gasteiger partial charge in [0.25, 0.3) is 0 Å². The van der Waals surface area contributed by atoms with Gasteiger partial charge in [-0.3, -0.25) is 4.79 Å². The third kappa shape index (κ3) is 3.87. The molecule has 0 aromatic carbocycles. The summed E-state index contributed by atoms with van der Waals surface area (Å²) in [5.74, 6) is 0.234. The summed E-state index contributed by atoms with van der Waals surface area (Å²) >= 11 is 0. The molecule has 120 valence electrons. The van der Waals surface area contributed by atoms with Gasteiger partial charge >= 0.3 is 0 Å². The van der Waals surface area contributed by atoms with Crippen molar-refractivity contribution >= 4 is 11.7 Å². The van der Waals surface area contributed by atoms with Gasteiger partial charge in [-0.2, -0.15) is 0 Å². The predicted molar refractivity (Wildman–Crippen MR) is 80.1 cm³/mol. The van der Waals surface area contributed by atoms with Gasteiger partial charge in [-0.05, 0) is 31.6 Å². The zero-order valence-electron chi connectivity index (χ0n) is 12.8. The number of hydrogen-bond acceptors (Lipinski definition) is 4. The quantitative estimate of drug-likeness (QED) is 0.311. The number of amides is 1. The van der Waals surface area contributed by atoms with E-state index in [9.17, 15) is 4.79 Å². The van der Waals surface area contributed by atoms with Crippen LogP contribution in [0, 0.1) is 11.8 Å². The van der Waals surface area contributed by atoms with E-state index < -0.39 is 0 Å². The minimum Gasteiger partial charge on any atom is -0.409 e. The Balaban J connectivity index is 2.02. The lowest BCUT2D eigenvalue weighted by Gasteiger charge is -2.31. The average molecular weight is 297 g/mol. The molecule has 3 unspecified atom stereocenters. The van der Waals surface area contributed by atoms with Crippen LogP contribution in [0.2, 0.25) is 0 Å². The summed E-state index contributed by atoms with van der Waals surface area (Å²) in [6.07, 6.45) is 7.10. The highest BCUT2D eigenvalue weighted by atomic mass is 16.5. The number of oxime groups is 1. The second-order valence-electron chi connectivity index (χ2n) is 6.12. The Morgan fingerprint density at radius 2 is 2.10 bits per heavy atom. The SMILES string of the molecule is CCC1OCCC1C(=O)NC(C(N)=NO)C1CCCCC1.